The van der Waals surface area contributed by atoms with Crippen LogP contribution in [0.4, 0.5) is 0 Å². The van der Waals surface area contributed by atoms with Gasteiger partial charge in [-0.2, -0.15) is 0 Å². The lowest BCUT2D eigenvalue weighted by Gasteiger charge is -2.36. The number of ketones is 3. The summed E-state index contributed by atoms with van der Waals surface area (Å²) in [5, 5.41) is 46.6. The molecule has 0 aliphatic carbocycles. The minimum absolute atomic E-state index is 0. The average Bonchev–Trinajstić information content (AvgIpc) is 3.18. The molecule has 5 fully saturated rings. The molecule has 2 spiro atoms. The van der Waals surface area contributed by atoms with Crippen LogP contribution in [-0.4, -0.2) is 177 Å². The number of rotatable bonds is 11. The number of carboxylic acids is 5. The van der Waals surface area contributed by atoms with E-state index in [0.717, 1.165) is 20.9 Å². The molecular weight excluding hydrogens is 976 g/mol. The van der Waals surface area contributed by atoms with Crippen LogP contribution in [0, 0.1) is 27.1 Å². The molecule has 0 bridgehead atoms. The van der Waals surface area contributed by atoms with Gasteiger partial charge < -0.3 is 88.3 Å². The average molecular weight is 1010 g/mol. The summed E-state index contributed by atoms with van der Waals surface area (Å²) in [4.78, 5) is 213. The number of amides is 2. The zero-order valence-corrected chi connectivity index (χ0v) is 35.9. The summed E-state index contributed by atoms with van der Waals surface area (Å²) in [6.45, 7) is 4.51. The van der Waals surface area contributed by atoms with Gasteiger partial charge in [0.15, 0.2) is 17.3 Å². The van der Waals surface area contributed by atoms with Crippen molar-refractivity contribution in [1.29, 1.82) is 0 Å². The molecule has 0 aromatic heterocycles. The van der Waals surface area contributed by atoms with Crippen LogP contribution in [0.25, 0.3) is 0 Å². The molecule has 386 valence electrons. The molecule has 0 aromatic carbocycles. The highest BCUT2D eigenvalue weighted by molar-refractivity contribution is 6.47. The van der Waals surface area contributed by atoms with Gasteiger partial charge in [-0.25, -0.2) is 67.1 Å². The van der Waals surface area contributed by atoms with Gasteiger partial charge in [0.05, 0.1) is 0 Å². The second-order valence-corrected chi connectivity index (χ2v) is 12.2. The fraction of sp³-hybridized carbons (Fsp3) is 0.394. The number of Topliss-reactive ketones (excluding diaryl/α,β-unsaturated/α-hetero) is 3. The number of carbonyl (C=O) groups is 20. The van der Waals surface area contributed by atoms with Crippen molar-refractivity contribution < 1.29 is 151 Å². The van der Waals surface area contributed by atoms with E-state index in [1.54, 1.807) is 6.92 Å². The normalized spacial score (nSPS) is 16.9. The van der Waals surface area contributed by atoms with E-state index >= 15 is 0 Å². The van der Waals surface area contributed by atoms with Crippen LogP contribution in [0.15, 0.2) is 0 Å². The van der Waals surface area contributed by atoms with Crippen LogP contribution in [-0.2, 0) is 120 Å². The Hall–Kier alpha value is -9.20. The van der Waals surface area contributed by atoms with E-state index in [-0.39, 0.29) is 25.4 Å². The Morgan fingerprint density at radius 2 is 0.700 bits per heavy atom. The SMILES string of the molecule is CC(=O)C(C(=O)O)(C(=O)O)C(=O)O.CC(=O)C1(C(=O)O)C(=O)OC1=O.CCNC(=O)C(C(C)=O)(C(=O)O)C(=O)NC.NCN.NCN.O.O=C1OC(=O)C12C(=O)OC2=O.O=C1OC(=O)C12C(=O)OC2=O. The third-order valence-corrected chi connectivity index (χ3v) is 8.42. The molecule has 37 heteroatoms. The number of aliphatic carboxylic acids is 5. The van der Waals surface area contributed by atoms with E-state index in [9.17, 15) is 95.9 Å². The summed E-state index contributed by atoms with van der Waals surface area (Å²) in [6, 6.07) is 0. The van der Waals surface area contributed by atoms with E-state index in [2.05, 4.69) is 51.9 Å². The Balaban J connectivity index is -0.000000778. The van der Waals surface area contributed by atoms with E-state index in [1.807, 2.05) is 5.32 Å². The first-order valence-electron chi connectivity index (χ1n) is 17.4. The summed E-state index contributed by atoms with van der Waals surface area (Å²) >= 11 is 0. The predicted octanol–water partition coefficient (Wildman–Crippen LogP) is -10.7. The first-order chi connectivity index (χ1) is 31.6. The molecule has 5 rings (SSSR count). The molecule has 0 saturated carbocycles. The van der Waals surface area contributed by atoms with Gasteiger partial charge in [-0.15, -0.1) is 0 Å². The maximum Gasteiger partial charge on any atom is 0.357 e. The first-order valence-corrected chi connectivity index (χ1v) is 17.4. The first kappa shape index (κ1) is 65.1. The quantitative estimate of drug-likeness (QED) is 0.0396. The third kappa shape index (κ3) is 10.7. The number of nitrogens with two attached hydrogens (primary N) is 4. The molecule has 1 unspecified atom stereocenters. The van der Waals surface area contributed by atoms with Gasteiger partial charge in [0.25, 0.3) is 17.2 Å². The van der Waals surface area contributed by atoms with Crippen molar-refractivity contribution in [3.63, 3.8) is 0 Å². The van der Waals surface area contributed by atoms with Crippen LogP contribution in [0.5, 0.6) is 0 Å². The van der Waals surface area contributed by atoms with Gasteiger partial charge in [0.1, 0.15) is 0 Å². The maximum absolute atomic E-state index is 11.6. The number of carbonyl (C=O) groups excluding carboxylic acids is 15. The van der Waals surface area contributed by atoms with Crippen LogP contribution in [0.3, 0.4) is 0 Å². The molecule has 5 heterocycles. The van der Waals surface area contributed by atoms with E-state index in [0.29, 0.717) is 6.92 Å². The monoisotopic (exact) mass is 1010 g/mol. The molecule has 1 atom stereocenters. The highest BCUT2D eigenvalue weighted by atomic mass is 16.7. The van der Waals surface area contributed by atoms with Crippen molar-refractivity contribution in [2.24, 2.45) is 50.0 Å². The van der Waals surface area contributed by atoms with E-state index in [1.165, 1.54) is 0 Å². The van der Waals surface area contributed by atoms with Crippen molar-refractivity contribution in [3.8, 4) is 0 Å². The number of cyclic esters (lactones) is 10. The maximum atomic E-state index is 11.6. The van der Waals surface area contributed by atoms with Gasteiger partial charge >= 0.3 is 111 Å². The third-order valence-electron chi connectivity index (χ3n) is 8.42. The Labute approximate surface area is 384 Å². The topological polar surface area (TPSA) is 648 Å². The molecule has 0 aromatic rings. The largest absolute Gasteiger partial charge is 0.480 e. The van der Waals surface area contributed by atoms with Gasteiger partial charge in [-0.1, -0.05) is 0 Å². The molecule has 0 radical (unpaired) electrons. The number of ether oxygens (including phenoxy) is 5. The van der Waals surface area contributed by atoms with Crippen LogP contribution >= 0.6 is 0 Å². The summed E-state index contributed by atoms with van der Waals surface area (Å²) in [6.07, 6.45) is 0. The van der Waals surface area contributed by atoms with E-state index in [4.69, 9.17) is 25.5 Å². The zero-order valence-electron chi connectivity index (χ0n) is 35.9. The Bertz CT molecular complexity index is 2030. The molecule has 5 aliphatic heterocycles. The van der Waals surface area contributed by atoms with Crippen LogP contribution in [0.1, 0.15) is 27.7 Å². The predicted molar refractivity (Wildman–Crippen MR) is 201 cm³/mol. The molecular formula is C33H38N6O31. The fourth-order valence-corrected chi connectivity index (χ4v) is 4.63. The van der Waals surface area contributed by atoms with Crippen LogP contribution < -0.4 is 33.6 Å². The summed E-state index contributed by atoms with van der Waals surface area (Å²) in [7, 11) is 1.15. The highest BCUT2D eigenvalue weighted by Crippen LogP contribution is 2.41. The molecule has 5 aliphatic rings. The van der Waals surface area contributed by atoms with Gasteiger partial charge in [-0.3, -0.25) is 28.8 Å². The summed E-state index contributed by atoms with van der Waals surface area (Å²) in [5.41, 5.74) is 5.38. The number of nitrogens with one attached hydrogen (secondary N) is 2. The molecule has 70 heavy (non-hydrogen) atoms. The van der Waals surface area contributed by atoms with Gasteiger partial charge in [-0.05, 0) is 27.7 Å². The van der Waals surface area contributed by atoms with Crippen molar-refractivity contribution >= 4 is 119 Å². The highest BCUT2D eigenvalue weighted by Gasteiger charge is 2.81. The number of hydrogen-bond donors (Lipinski definition) is 11. The number of carboxylic acid groups (broad SMARTS) is 5. The number of esters is 10. The standard InChI is InChI=1S/C9H14N2O5.C6H6O7.C6H4O6.2C5O6.2CH6N2.H2O/c1-4-11-7(14)9(5(2)12,8(15)16)6(13)10-3;1-2(7)6(3(8)9,4(10)11)5(12)13;1-2(7)6(3(8)9)4(10)12-5(6)11;2*6-1-5(2(7)10-1)3(8)11-4(5)9;2*2-1-3;/h4H2,1-3H3,(H,10,13)(H,11,14)(H,15,16);1H3,(H,8,9)(H,10,11)(H,12,13);1H3,(H,8,9);;;2*1-3H2;1H2. The lowest BCUT2D eigenvalue weighted by molar-refractivity contribution is -0.227. The van der Waals surface area contributed by atoms with E-state index < -0.39 is 146 Å². The Morgan fingerprint density at radius 3 is 0.786 bits per heavy atom. The smallest absolute Gasteiger partial charge is 0.357 e. The van der Waals surface area contributed by atoms with Gasteiger partial charge in [0.2, 0.25) is 0 Å². The van der Waals surface area contributed by atoms with Crippen molar-refractivity contribution in [3.05, 3.63) is 0 Å². The zero-order chi connectivity index (χ0) is 55.1. The Morgan fingerprint density at radius 1 is 0.471 bits per heavy atom. The second-order valence-electron chi connectivity index (χ2n) is 12.2. The molecule has 5 saturated heterocycles. The lowest BCUT2D eigenvalue weighted by atomic mass is 9.80. The van der Waals surface area contributed by atoms with Crippen LogP contribution in [0.2, 0.25) is 0 Å². The second kappa shape index (κ2) is 25.1. The van der Waals surface area contributed by atoms with Crippen molar-refractivity contribution in [2.75, 3.05) is 26.9 Å². The fourth-order valence-electron chi connectivity index (χ4n) is 4.63. The van der Waals surface area contributed by atoms with Gasteiger partial charge in [0, 0.05) is 26.9 Å². The summed E-state index contributed by atoms with van der Waals surface area (Å²) in [5.74, 6) is -27.7. The minimum atomic E-state index is -3.39. The Kier molecular flexibility index (Phi) is 23.3. The molecule has 37 nitrogen and oxygen atoms in total. The molecule has 17 N–H and O–H groups in total. The van der Waals surface area contributed by atoms with Crippen molar-refractivity contribution in [1.82, 2.24) is 10.6 Å². The minimum Gasteiger partial charge on any atom is -0.480 e. The number of hydrogen-bond acceptors (Lipinski definition) is 29. The van der Waals surface area contributed by atoms with Crippen molar-refractivity contribution in [2.45, 2.75) is 27.7 Å². The molecule has 2 amide bonds. The summed E-state index contributed by atoms with van der Waals surface area (Å²) < 4.78 is 19.2. The lowest BCUT2D eigenvalue weighted by Crippen LogP contribution is -2.71.